The summed E-state index contributed by atoms with van der Waals surface area (Å²) >= 11 is 0. The maximum Gasteiger partial charge on any atom is 0.227 e. The highest BCUT2D eigenvalue weighted by Gasteiger charge is 2.31. The van der Waals surface area contributed by atoms with E-state index in [1.807, 2.05) is 0 Å². The molecule has 2 atom stereocenters. The normalized spacial score (nSPS) is 21.1. The number of rotatable bonds is 6. The fraction of sp³-hybridized carbons (Fsp3) is 0.448. The second-order valence-electron chi connectivity index (χ2n) is 10.8. The fourth-order valence-corrected chi connectivity index (χ4v) is 5.85. The average molecular weight is 528 g/mol. The summed E-state index contributed by atoms with van der Waals surface area (Å²) in [5, 5.41) is 3.07. The molecule has 3 aromatic rings. The van der Waals surface area contributed by atoms with Crippen molar-refractivity contribution in [2.45, 2.75) is 45.7 Å². The Balaban J connectivity index is 1.37. The minimum Gasteiger partial charge on any atom is -0.365 e. The van der Waals surface area contributed by atoms with Crippen LogP contribution >= 0.6 is 0 Å². The number of likely N-dealkylation sites (tertiary alicyclic amines) is 1. The molecule has 0 saturated carbocycles. The molecule has 9 heteroatoms. The molecule has 0 aliphatic carbocycles. The molecule has 1 N–H and O–H groups in total. The van der Waals surface area contributed by atoms with Crippen molar-refractivity contribution in [3.63, 3.8) is 0 Å². The van der Waals surface area contributed by atoms with E-state index < -0.39 is 23.3 Å². The summed E-state index contributed by atoms with van der Waals surface area (Å²) in [4.78, 5) is 14.0. The van der Waals surface area contributed by atoms with Gasteiger partial charge in [-0.3, -0.25) is 4.90 Å². The summed E-state index contributed by atoms with van der Waals surface area (Å²) in [5.41, 5.74) is 0.704. The Kier molecular flexibility index (Phi) is 7.83. The van der Waals surface area contributed by atoms with Crippen LogP contribution in [0.25, 0.3) is 11.1 Å². The third-order valence-electron chi connectivity index (χ3n) is 7.62. The standard InChI is InChI=1S/C29H33F4N5/c1-18-11-19(2)17-38(16-18)23-7-9-37(10-8-23)29-35-15-25(24-6-5-22(31)13-27(24)33)28(36-29)34-14-20-3-4-21(30)12-26(20)32/h3-6,12-13,15,18-19,23H,7-11,14,16-17H2,1-2H3,(H,34,35,36)/t18-,19+. The molecule has 2 fully saturated rings. The van der Waals surface area contributed by atoms with Crippen LogP contribution in [0.15, 0.2) is 42.6 Å². The first-order valence-electron chi connectivity index (χ1n) is 13.3. The van der Waals surface area contributed by atoms with Crippen LogP contribution in [0.2, 0.25) is 0 Å². The lowest BCUT2D eigenvalue weighted by Gasteiger charge is -2.43. The molecule has 202 valence electrons. The molecule has 1 aromatic heterocycles. The largest absolute Gasteiger partial charge is 0.365 e. The first kappa shape index (κ1) is 26.4. The van der Waals surface area contributed by atoms with E-state index in [0.717, 1.165) is 51.2 Å². The van der Waals surface area contributed by atoms with Crippen LogP contribution in [0.5, 0.6) is 0 Å². The van der Waals surface area contributed by atoms with Gasteiger partial charge in [0.15, 0.2) is 0 Å². The summed E-state index contributed by atoms with van der Waals surface area (Å²) in [7, 11) is 0. The van der Waals surface area contributed by atoms with Crippen molar-refractivity contribution >= 4 is 11.8 Å². The van der Waals surface area contributed by atoms with Gasteiger partial charge in [0, 0.05) is 73.8 Å². The first-order chi connectivity index (χ1) is 18.3. The summed E-state index contributed by atoms with van der Waals surface area (Å²) in [6.45, 7) is 8.51. The molecule has 2 aliphatic rings. The van der Waals surface area contributed by atoms with Crippen LogP contribution in [0.1, 0.15) is 38.7 Å². The van der Waals surface area contributed by atoms with Gasteiger partial charge in [0.25, 0.3) is 0 Å². The molecule has 2 saturated heterocycles. The zero-order valence-electron chi connectivity index (χ0n) is 21.7. The Morgan fingerprint density at radius 3 is 2.18 bits per heavy atom. The summed E-state index contributed by atoms with van der Waals surface area (Å²) < 4.78 is 55.9. The second-order valence-corrected chi connectivity index (χ2v) is 10.8. The van der Waals surface area contributed by atoms with E-state index in [4.69, 9.17) is 4.98 Å². The number of nitrogens with one attached hydrogen (secondary N) is 1. The topological polar surface area (TPSA) is 44.3 Å². The van der Waals surface area contributed by atoms with Gasteiger partial charge in [-0.05, 0) is 49.3 Å². The third-order valence-corrected chi connectivity index (χ3v) is 7.62. The Hall–Kier alpha value is -3.20. The number of aromatic nitrogens is 2. The molecule has 38 heavy (non-hydrogen) atoms. The number of halogens is 4. The minimum absolute atomic E-state index is 0.00574. The molecular formula is C29H33F4N5. The Labute approximate surface area is 220 Å². The fourth-order valence-electron chi connectivity index (χ4n) is 5.85. The number of anilines is 2. The number of piperidine rings is 2. The second kappa shape index (κ2) is 11.3. The number of hydrogen-bond donors (Lipinski definition) is 1. The molecule has 5 nitrogen and oxygen atoms in total. The van der Waals surface area contributed by atoms with Gasteiger partial charge in [0.2, 0.25) is 5.95 Å². The van der Waals surface area contributed by atoms with Crippen molar-refractivity contribution in [3.8, 4) is 11.1 Å². The molecular weight excluding hydrogens is 494 g/mol. The van der Waals surface area contributed by atoms with Crippen molar-refractivity contribution < 1.29 is 17.6 Å². The van der Waals surface area contributed by atoms with Crippen LogP contribution in [0, 0.1) is 35.1 Å². The molecule has 0 amide bonds. The molecule has 0 spiro atoms. The van der Waals surface area contributed by atoms with Gasteiger partial charge in [0.1, 0.15) is 29.1 Å². The molecule has 2 aromatic carbocycles. The van der Waals surface area contributed by atoms with Gasteiger partial charge in [0.05, 0.1) is 0 Å². The average Bonchev–Trinajstić information content (AvgIpc) is 2.88. The summed E-state index contributed by atoms with van der Waals surface area (Å²) in [5.74, 6) is -0.582. The highest BCUT2D eigenvalue weighted by atomic mass is 19.1. The molecule has 0 unspecified atom stereocenters. The predicted molar refractivity (Wildman–Crippen MR) is 141 cm³/mol. The smallest absolute Gasteiger partial charge is 0.227 e. The lowest BCUT2D eigenvalue weighted by molar-refractivity contribution is 0.0824. The van der Waals surface area contributed by atoms with E-state index in [9.17, 15) is 17.6 Å². The van der Waals surface area contributed by atoms with Crippen molar-refractivity contribution in [1.82, 2.24) is 14.9 Å². The van der Waals surface area contributed by atoms with Gasteiger partial charge < -0.3 is 10.2 Å². The van der Waals surface area contributed by atoms with E-state index in [0.29, 0.717) is 35.2 Å². The van der Waals surface area contributed by atoms with Crippen LogP contribution in [-0.4, -0.2) is 47.1 Å². The van der Waals surface area contributed by atoms with Gasteiger partial charge in [-0.2, -0.15) is 4.98 Å². The number of benzene rings is 2. The highest BCUT2D eigenvalue weighted by molar-refractivity contribution is 5.75. The van der Waals surface area contributed by atoms with Gasteiger partial charge in [-0.15, -0.1) is 0 Å². The van der Waals surface area contributed by atoms with E-state index >= 15 is 0 Å². The third kappa shape index (κ3) is 5.93. The minimum atomic E-state index is -0.747. The van der Waals surface area contributed by atoms with E-state index in [-0.39, 0.29) is 17.7 Å². The SMILES string of the molecule is C[C@@H]1C[C@H](C)CN(C2CCN(c3ncc(-c4ccc(F)cc4F)c(NCc4ccc(F)cc4F)n3)CC2)C1. The lowest BCUT2D eigenvalue weighted by Crippen LogP contribution is -2.50. The summed E-state index contributed by atoms with van der Waals surface area (Å²) in [6, 6.07) is 7.19. The van der Waals surface area contributed by atoms with Crippen molar-refractivity contribution in [2.24, 2.45) is 11.8 Å². The van der Waals surface area contributed by atoms with Crippen molar-refractivity contribution in [1.29, 1.82) is 0 Å². The van der Waals surface area contributed by atoms with Crippen LogP contribution in [-0.2, 0) is 6.54 Å². The predicted octanol–water partition coefficient (Wildman–Crippen LogP) is 6.26. The monoisotopic (exact) mass is 527 g/mol. The highest BCUT2D eigenvalue weighted by Crippen LogP contribution is 2.32. The van der Waals surface area contributed by atoms with Crippen molar-refractivity contribution in [3.05, 3.63) is 71.4 Å². The van der Waals surface area contributed by atoms with Gasteiger partial charge in [-0.25, -0.2) is 22.5 Å². The molecule has 0 bridgehead atoms. The van der Waals surface area contributed by atoms with E-state index in [1.54, 1.807) is 0 Å². The Morgan fingerprint density at radius 2 is 1.53 bits per heavy atom. The van der Waals surface area contributed by atoms with Crippen LogP contribution in [0.3, 0.4) is 0 Å². The van der Waals surface area contributed by atoms with E-state index in [2.05, 4.69) is 33.9 Å². The van der Waals surface area contributed by atoms with Crippen molar-refractivity contribution in [2.75, 3.05) is 36.4 Å². The molecule has 3 heterocycles. The zero-order chi connectivity index (χ0) is 26.8. The summed E-state index contributed by atoms with van der Waals surface area (Å²) in [6.07, 6.45) is 4.80. The molecule has 0 radical (unpaired) electrons. The van der Waals surface area contributed by atoms with Crippen LogP contribution in [0.4, 0.5) is 29.3 Å². The van der Waals surface area contributed by atoms with Gasteiger partial charge in [-0.1, -0.05) is 19.9 Å². The zero-order valence-corrected chi connectivity index (χ0v) is 21.7. The Morgan fingerprint density at radius 1 is 0.868 bits per heavy atom. The first-order valence-corrected chi connectivity index (χ1v) is 13.3. The Bertz CT molecular complexity index is 1270. The molecule has 2 aliphatic heterocycles. The quantitative estimate of drug-likeness (QED) is 0.384. The maximum absolute atomic E-state index is 14.7. The molecule has 5 rings (SSSR count). The number of hydrogen-bond acceptors (Lipinski definition) is 5. The van der Waals surface area contributed by atoms with Crippen LogP contribution < -0.4 is 10.2 Å². The van der Waals surface area contributed by atoms with Gasteiger partial charge >= 0.3 is 0 Å². The maximum atomic E-state index is 14.7. The van der Waals surface area contributed by atoms with E-state index in [1.165, 1.54) is 36.9 Å². The number of nitrogens with zero attached hydrogens (tertiary/aromatic N) is 4. The lowest BCUT2D eigenvalue weighted by atomic mass is 9.89.